The maximum absolute atomic E-state index is 2.37. The fourth-order valence-corrected chi connectivity index (χ4v) is 3.74. The third kappa shape index (κ3) is 2.86. The molecule has 0 saturated heterocycles. The van der Waals surface area contributed by atoms with Gasteiger partial charge < -0.3 is 0 Å². The molecule has 0 atom stereocenters. The predicted octanol–water partition coefficient (Wildman–Crippen LogP) is 7.34. The summed E-state index contributed by atoms with van der Waals surface area (Å²) in [6.07, 6.45) is 4.08. The fraction of sp³-hybridized carbons (Fsp3) is 0.333. The van der Waals surface area contributed by atoms with Crippen molar-refractivity contribution in [3.63, 3.8) is 0 Å². The van der Waals surface area contributed by atoms with Crippen LogP contribution in [0.3, 0.4) is 0 Å². The molecule has 24 heavy (non-hydrogen) atoms. The van der Waals surface area contributed by atoms with Crippen molar-refractivity contribution in [2.45, 2.75) is 52.4 Å². The van der Waals surface area contributed by atoms with Crippen LogP contribution in [0.2, 0.25) is 0 Å². The summed E-state index contributed by atoms with van der Waals surface area (Å²) in [6.45, 7) is 9.08. The van der Waals surface area contributed by atoms with E-state index in [0.29, 0.717) is 0 Å². The summed E-state index contributed by atoms with van der Waals surface area (Å²) in [5.41, 5.74) is 5.80. The van der Waals surface area contributed by atoms with Crippen molar-refractivity contribution in [3.05, 3.63) is 71.8 Å². The van der Waals surface area contributed by atoms with Crippen molar-refractivity contribution >= 4 is 10.8 Å². The van der Waals surface area contributed by atoms with Gasteiger partial charge in [0.1, 0.15) is 0 Å². The van der Waals surface area contributed by atoms with E-state index in [4.69, 9.17) is 0 Å². The maximum Gasteiger partial charge on any atom is 0.0159 e. The Morgan fingerprint density at radius 3 is 1.88 bits per heavy atom. The van der Waals surface area contributed by atoms with Gasteiger partial charge in [-0.25, -0.2) is 0 Å². The largest absolute Gasteiger partial charge is 0.0654 e. The van der Waals surface area contributed by atoms with E-state index in [1.165, 1.54) is 52.3 Å². The van der Waals surface area contributed by atoms with Crippen LogP contribution >= 0.6 is 0 Å². The lowest BCUT2D eigenvalue weighted by Crippen LogP contribution is -2.14. The smallest absolute Gasteiger partial charge is 0.0159 e. The van der Waals surface area contributed by atoms with Crippen molar-refractivity contribution in [3.8, 4) is 11.1 Å². The van der Waals surface area contributed by atoms with Gasteiger partial charge in [-0.3, -0.25) is 0 Å². The minimum Gasteiger partial charge on any atom is -0.0654 e. The third-order valence-electron chi connectivity index (χ3n) is 5.16. The summed E-state index contributed by atoms with van der Waals surface area (Å²) >= 11 is 0. The quantitative estimate of drug-likeness (QED) is 0.464. The number of hydrogen-bond acceptors (Lipinski definition) is 0. The topological polar surface area (TPSA) is 0 Å². The SMILES string of the molecule is CC1(C)c2ccccc2-c2cc3ccccc3cc21.CCCCC. The molecule has 0 heteroatoms. The molecule has 3 aromatic carbocycles. The first-order valence-electron chi connectivity index (χ1n) is 9.22. The van der Waals surface area contributed by atoms with E-state index >= 15 is 0 Å². The molecule has 0 nitrogen and oxygen atoms in total. The summed E-state index contributed by atoms with van der Waals surface area (Å²) in [7, 11) is 0. The average molecular weight is 316 g/mol. The van der Waals surface area contributed by atoms with Crippen LogP contribution in [0.5, 0.6) is 0 Å². The summed E-state index contributed by atoms with van der Waals surface area (Å²) in [4.78, 5) is 0. The van der Waals surface area contributed by atoms with Crippen LogP contribution in [0.1, 0.15) is 58.1 Å². The molecule has 3 aromatic rings. The van der Waals surface area contributed by atoms with Gasteiger partial charge in [0.25, 0.3) is 0 Å². The molecule has 4 rings (SSSR count). The van der Waals surface area contributed by atoms with Crippen molar-refractivity contribution in [1.82, 2.24) is 0 Å². The number of fused-ring (bicyclic) bond motifs is 4. The van der Waals surface area contributed by atoms with Gasteiger partial charge in [0.15, 0.2) is 0 Å². The first-order valence-corrected chi connectivity index (χ1v) is 9.22. The van der Waals surface area contributed by atoms with E-state index in [-0.39, 0.29) is 5.41 Å². The summed E-state index contributed by atoms with van der Waals surface area (Å²) in [5.74, 6) is 0. The Labute approximate surface area is 146 Å². The van der Waals surface area contributed by atoms with Crippen molar-refractivity contribution in [2.75, 3.05) is 0 Å². The highest BCUT2D eigenvalue weighted by atomic mass is 14.4. The number of benzene rings is 3. The van der Waals surface area contributed by atoms with E-state index in [9.17, 15) is 0 Å². The molecule has 0 N–H and O–H groups in total. The van der Waals surface area contributed by atoms with E-state index in [2.05, 4.69) is 88.4 Å². The van der Waals surface area contributed by atoms with Crippen molar-refractivity contribution in [1.29, 1.82) is 0 Å². The second kappa shape index (κ2) is 6.81. The molecule has 0 amide bonds. The summed E-state index contributed by atoms with van der Waals surface area (Å²) in [6, 6.07) is 22.1. The van der Waals surface area contributed by atoms with Crippen LogP contribution in [-0.4, -0.2) is 0 Å². The highest BCUT2D eigenvalue weighted by Crippen LogP contribution is 2.49. The molecule has 0 fully saturated rings. The fourth-order valence-electron chi connectivity index (χ4n) is 3.74. The number of rotatable bonds is 2. The molecule has 0 saturated carbocycles. The second-order valence-corrected chi connectivity index (χ2v) is 7.27. The van der Waals surface area contributed by atoms with Crippen LogP contribution < -0.4 is 0 Å². The van der Waals surface area contributed by atoms with Crippen LogP contribution in [0.15, 0.2) is 60.7 Å². The first-order chi connectivity index (χ1) is 11.6. The molecule has 124 valence electrons. The first kappa shape index (κ1) is 16.8. The lowest BCUT2D eigenvalue weighted by Gasteiger charge is -2.21. The van der Waals surface area contributed by atoms with E-state index < -0.39 is 0 Å². The van der Waals surface area contributed by atoms with E-state index in [1.807, 2.05) is 0 Å². The Morgan fingerprint density at radius 1 is 0.667 bits per heavy atom. The number of hydrogen-bond donors (Lipinski definition) is 0. The van der Waals surface area contributed by atoms with Crippen molar-refractivity contribution < 1.29 is 0 Å². The maximum atomic E-state index is 2.37. The zero-order chi connectivity index (χ0) is 17.2. The van der Waals surface area contributed by atoms with E-state index in [1.54, 1.807) is 0 Å². The van der Waals surface area contributed by atoms with Gasteiger partial charge in [0, 0.05) is 5.41 Å². The highest BCUT2D eigenvalue weighted by molar-refractivity contribution is 5.93. The highest BCUT2D eigenvalue weighted by Gasteiger charge is 2.35. The standard InChI is InChI=1S/C19H16.C5H12/c1-19(2)17-10-6-5-9-15(17)16-11-13-7-3-4-8-14(13)12-18(16)19;1-3-5-4-2/h3-12H,1-2H3;3-5H2,1-2H3. The Hall–Kier alpha value is -2.08. The Morgan fingerprint density at radius 2 is 1.25 bits per heavy atom. The zero-order valence-electron chi connectivity index (χ0n) is 15.4. The van der Waals surface area contributed by atoms with Crippen LogP contribution in [0.25, 0.3) is 21.9 Å². The molecule has 1 aliphatic rings. The van der Waals surface area contributed by atoms with Crippen LogP contribution in [-0.2, 0) is 5.41 Å². The molecule has 0 radical (unpaired) electrons. The normalized spacial score (nSPS) is 13.8. The van der Waals surface area contributed by atoms with Gasteiger partial charge in [-0.1, -0.05) is 95.5 Å². The van der Waals surface area contributed by atoms with Gasteiger partial charge >= 0.3 is 0 Å². The number of unbranched alkanes of at least 4 members (excludes halogenated alkanes) is 2. The molecule has 0 aliphatic heterocycles. The Kier molecular flexibility index (Phi) is 4.76. The predicted molar refractivity (Wildman–Crippen MR) is 107 cm³/mol. The van der Waals surface area contributed by atoms with Gasteiger partial charge in [-0.15, -0.1) is 0 Å². The summed E-state index contributed by atoms with van der Waals surface area (Å²) < 4.78 is 0. The molecular weight excluding hydrogens is 288 g/mol. The summed E-state index contributed by atoms with van der Waals surface area (Å²) in [5, 5.41) is 2.66. The Bertz CT molecular complexity index is 838. The monoisotopic (exact) mass is 316 g/mol. The Balaban J connectivity index is 0.000000300. The minimum absolute atomic E-state index is 0.107. The van der Waals surface area contributed by atoms with Crippen LogP contribution in [0, 0.1) is 0 Å². The second-order valence-electron chi connectivity index (χ2n) is 7.27. The molecular formula is C24H28. The van der Waals surface area contributed by atoms with Gasteiger partial charge in [-0.2, -0.15) is 0 Å². The molecule has 0 spiro atoms. The van der Waals surface area contributed by atoms with Gasteiger partial charge in [-0.05, 0) is 45.2 Å². The van der Waals surface area contributed by atoms with Gasteiger partial charge in [0.05, 0.1) is 0 Å². The van der Waals surface area contributed by atoms with Crippen LogP contribution in [0.4, 0.5) is 0 Å². The van der Waals surface area contributed by atoms with Gasteiger partial charge in [0.2, 0.25) is 0 Å². The van der Waals surface area contributed by atoms with E-state index in [0.717, 1.165) is 0 Å². The zero-order valence-corrected chi connectivity index (χ0v) is 15.4. The minimum atomic E-state index is 0.107. The average Bonchev–Trinajstić information content (AvgIpc) is 2.83. The third-order valence-corrected chi connectivity index (χ3v) is 5.16. The van der Waals surface area contributed by atoms with Crippen molar-refractivity contribution in [2.24, 2.45) is 0 Å². The lowest BCUT2D eigenvalue weighted by molar-refractivity contribution is 0.661. The molecule has 0 aromatic heterocycles. The molecule has 1 aliphatic carbocycles. The molecule has 0 unspecified atom stereocenters. The lowest BCUT2D eigenvalue weighted by atomic mass is 9.82. The molecule has 0 bridgehead atoms. The molecule has 0 heterocycles.